The predicted molar refractivity (Wildman–Crippen MR) is 91.6 cm³/mol. The number of hydrogen-bond acceptors (Lipinski definition) is 3. The number of hydrogen-bond donors (Lipinski definition) is 0. The fourth-order valence-electron chi connectivity index (χ4n) is 3.71. The van der Waals surface area contributed by atoms with Gasteiger partial charge in [0.2, 0.25) is 5.91 Å². The lowest BCUT2D eigenvalue weighted by atomic mass is 10.00. The molecule has 4 rings (SSSR count). The van der Waals surface area contributed by atoms with Crippen LogP contribution in [0.4, 0.5) is 4.39 Å². The van der Waals surface area contributed by atoms with Gasteiger partial charge in [-0.2, -0.15) is 0 Å². The maximum Gasteiger partial charge on any atom is 0.236 e. The molecule has 2 aliphatic heterocycles. The van der Waals surface area contributed by atoms with Crippen molar-refractivity contribution in [2.45, 2.75) is 12.6 Å². The van der Waals surface area contributed by atoms with Gasteiger partial charge in [-0.1, -0.05) is 12.1 Å². The summed E-state index contributed by atoms with van der Waals surface area (Å²) in [6, 6.07) is 10.7. The van der Waals surface area contributed by atoms with Gasteiger partial charge < -0.3 is 14.2 Å². The summed E-state index contributed by atoms with van der Waals surface area (Å²) in [6.07, 6.45) is 2.06. The monoisotopic (exact) mass is 343 g/mol. The molecule has 132 valence electrons. The molecule has 0 N–H and O–H groups in total. The molecule has 1 fully saturated rings. The van der Waals surface area contributed by atoms with Gasteiger partial charge in [0.25, 0.3) is 0 Å². The summed E-state index contributed by atoms with van der Waals surface area (Å²) in [5.41, 5.74) is 2.16. The van der Waals surface area contributed by atoms with Gasteiger partial charge in [0, 0.05) is 38.1 Å². The number of ether oxygens (including phenoxy) is 1. The van der Waals surface area contributed by atoms with E-state index in [1.807, 2.05) is 23.1 Å². The van der Waals surface area contributed by atoms with Crippen molar-refractivity contribution in [1.29, 1.82) is 0 Å². The summed E-state index contributed by atoms with van der Waals surface area (Å²) in [6.45, 7) is 4.55. The molecule has 1 atom stereocenters. The smallest absolute Gasteiger partial charge is 0.236 e. The molecule has 5 nitrogen and oxygen atoms in total. The van der Waals surface area contributed by atoms with Gasteiger partial charge in [0.1, 0.15) is 5.82 Å². The minimum atomic E-state index is -0.245. The lowest BCUT2D eigenvalue weighted by molar-refractivity contribution is -0.137. The van der Waals surface area contributed by atoms with Crippen molar-refractivity contribution < 1.29 is 13.9 Å². The van der Waals surface area contributed by atoms with Crippen molar-refractivity contribution >= 4 is 5.91 Å². The number of nitrogens with zero attached hydrogens (tertiary/aromatic N) is 3. The zero-order valence-electron chi connectivity index (χ0n) is 14.1. The molecule has 0 spiro atoms. The maximum absolute atomic E-state index is 13.3. The Kier molecular flexibility index (Phi) is 4.55. The average Bonchev–Trinajstić information content (AvgIpc) is 3.12. The molecule has 0 aliphatic carbocycles. The third-order valence-electron chi connectivity index (χ3n) is 5.03. The molecule has 0 unspecified atom stereocenters. The van der Waals surface area contributed by atoms with E-state index in [9.17, 15) is 9.18 Å². The zero-order chi connectivity index (χ0) is 17.2. The Morgan fingerprint density at radius 2 is 1.84 bits per heavy atom. The van der Waals surface area contributed by atoms with Crippen molar-refractivity contribution in [3.63, 3.8) is 0 Å². The van der Waals surface area contributed by atoms with Crippen molar-refractivity contribution in [1.82, 2.24) is 14.4 Å². The van der Waals surface area contributed by atoms with E-state index in [-0.39, 0.29) is 17.8 Å². The third kappa shape index (κ3) is 3.32. The number of halogens is 1. The zero-order valence-corrected chi connectivity index (χ0v) is 14.1. The van der Waals surface area contributed by atoms with E-state index < -0.39 is 0 Å². The number of fused-ring (bicyclic) bond motifs is 1. The first-order valence-corrected chi connectivity index (χ1v) is 8.72. The van der Waals surface area contributed by atoms with Crippen LogP contribution in [-0.4, -0.2) is 59.7 Å². The van der Waals surface area contributed by atoms with Crippen LogP contribution in [0.3, 0.4) is 0 Å². The van der Waals surface area contributed by atoms with E-state index >= 15 is 0 Å². The van der Waals surface area contributed by atoms with Crippen molar-refractivity contribution in [2.75, 3.05) is 39.4 Å². The van der Waals surface area contributed by atoms with Crippen LogP contribution in [0.2, 0.25) is 0 Å². The molecule has 25 heavy (non-hydrogen) atoms. The van der Waals surface area contributed by atoms with Crippen molar-refractivity contribution in [2.24, 2.45) is 0 Å². The summed E-state index contributed by atoms with van der Waals surface area (Å²) >= 11 is 0. The number of carbonyl (C=O) groups is 1. The van der Waals surface area contributed by atoms with Crippen LogP contribution in [0.15, 0.2) is 42.6 Å². The first-order valence-electron chi connectivity index (χ1n) is 8.72. The first kappa shape index (κ1) is 16.3. The fourth-order valence-corrected chi connectivity index (χ4v) is 3.71. The Labute approximate surface area is 146 Å². The molecule has 0 saturated carbocycles. The normalized spacial score (nSPS) is 21.2. The van der Waals surface area contributed by atoms with Crippen LogP contribution in [-0.2, 0) is 16.1 Å². The van der Waals surface area contributed by atoms with Gasteiger partial charge in [-0.3, -0.25) is 9.69 Å². The SMILES string of the molecule is O=C(CN1CCn2cccc2[C@H]1c1ccc(F)cc1)N1CCOCC1. The molecule has 1 amide bonds. The molecular weight excluding hydrogens is 321 g/mol. The third-order valence-corrected chi connectivity index (χ3v) is 5.03. The number of rotatable bonds is 3. The molecule has 3 heterocycles. The Morgan fingerprint density at radius 1 is 1.08 bits per heavy atom. The van der Waals surface area contributed by atoms with Crippen LogP contribution in [0.5, 0.6) is 0 Å². The van der Waals surface area contributed by atoms with Gasteiger partial charge >= 0.3 is 0 Å². The van der Waals surface area contributed by atoms with Gasteiger partial charge in [0.05, 0.1) is 25.8 Å². The predicted octanol–water partition coefficient (Wildman–Crippen LogP) is 1.89. The molecule has 6 heteroatoms. The maximum atomic E-state index is 13.3. The summed E-state index contributed by atoms with van der Waals surface area (Å²) in [5, 5.41) is 0. The molecule has 1 aromatic carbocycles. The number of carbonyl (C=O) groups excluding carboxylic acids is 1. The minimum Gasteiger partial charge on any atom is -0.378 e. The highest BCUT2D eigenvalue weighted by atomic mass is 19.1. The molecular formula is C19H22FN3O2. The van der Waals surface area contributed by atoms with Crippen LogP contribution in [0.1, 0.15) is 17.3 Å². The lowest BCUT2D eigenvalue weighted by Crippen LogP contribution is -2.48. The molecule has 2 aromatic rings. The van der Waals surface area contributed by atoms with E-state index in [1.54, 1.807) is 0 Å². The fraction of sp³-hybridized carbons (Fsp3) is 0.421. The second-order valence-corrected chi connectivity index (χ2v) is 6.54. The molecule has 1 saturated heterocycles. The van der Waals surface area contributed by atoms with Crippen LogP contribution < -0.4 is 0 Å². The van der Waals surface area contributed by atoms with Crippen LogP contribution in [0.25, 0.3) is 0 Å². The Morgan fingerprint density at radius 3 is 2.60 bits per heavy atom. The quantitative estimate of drug-likeness (QED) is 0.854. The van der Waals surface area contributed by atoms with E-state index in [1.165, 1.54) is 12.1 Å². The minimum absolute atomic E-state index is 0.0330. The highest BCUT2D eigenvalue weighted by molar-refractivity contribution is 5.78. The topological polar surface area (TPSA) is 37.7 Å². The standard InChI is InChI=1S/C19H22FN3O2/c20-16-5-3-15(4-6-16)19-17-2-1-7-21(17)8-9-23(19)14-18(24)22-10-12-25-13-11-22/h1-7,19H,8-14H2/t19-/m1/s1. The lowest BCUT2D eigenvalue weighted by Gasteiger charge is -2.38. The summed E-state index contributed by atoms with van der Waals surface area (Å²) < 4.78 is 20.9. The van der Waals surface area contributed by atoms with Gasteiger partial charge in [-0.25, -0.2) is 4.39 Å². The van der Waals surface area contributed by atoms with Crippen LogP contribution in [0, 0.1) is 5.82 Å². The summed E-state index contributed by atoms with van der Waals surface area (Å²) in [4.78, 5) is 16.8. The van der Waals surface area contributed by atoms with E-state index in [2.05, 4.69) is 21.7 Å². The Balaban J connectivity index is 1.59. The number of morpholine rings is 1. The highest BCUT2D eigenvalue weighted by Crippen LogP contribution is 2.32. The van der Waals surface area contributed by atoms with Crippen molar-refractivity contribution in [3.05, 3.63) is 59.7 Å². The van der Waals surface area contributed by atoms with Gasteiger partial charge in [-0.05, 0) is 29.8 Å². The summed E-state index contributed by atoms with van der Waals surface area (Å²) in [5.74, 6) is -0.110. The molecule has 0 radical (unpaired) electrons. The largest absolute Gasteiger partial charge is 0.378 e. The van der Waals surface area contributed by atoms with E-state index in [0.29, 0.717) is 32.8 Å². The molecule has 2 aliphatic rings. The number of amides is 1. The van der Waals surface area contributed by atoms with Gasteiger partial charge in [-0.15, -0.1) is 0 Å². The number of benzene rings is 1. The number of aromatic nitrogens is 1. The van der Waals surface area contributed by atoms with E-state index in [0.717, 1.165) is 24.3 Å². The Bertz CT molecular complexity index is 737. The van der Waals surface area contributed by atoms with Crippen molar-refractivity contribution in [3.8, 4) is 0 Å². The second kappa shape index (κ2) is 6.98. The Hall–Kier alpha value is -2.18. The molecule has 1 aromatic heterocycles. The van der Waals surface area contributed by atoms with Gasteiger partial charge in [0.15, 0.2) is 0 Å². The molecule has 0 bridgehead atoms. The summed E-state index contributed by atoms with van der Waals surface area (Å²) in [7, 11) is 0. The second-order valence-electron chi connectivity index (χ2n) is 6.54. The highest BCUT2D eigenvalue weighted by Gasteiger charge is 2.31. The van der Waals surface area contributed by atoms with E-state index in [4.69, 9.17) is 4.74 Å². The average molecular weight is 343 g/mol. The first-order chi connectivity index (χ1) is 12.2. The van der Waals surface area contributed by atoms with Crippen LogP contribution >= 0.6 is 0 Å².